The third-order valence-electron chi connectivity index (χ3n) is 3.76. The summed E-state index contributed by atoms with van der Waals surface area (Å²) in [6.07, 6.45) is 3.09. The van der Waals surface area contributed by atoms with Crippen molar-refractivity contribution < 1.29 is 4.74 Å². The van der Waals surface area contributed by atoms with Crippen LogP contribution in [0.25, 0.3) is 11.3 Å². The molecule has 0 atom stereocenters. The number of nitrogens with zero attached hydrogens (tertiary/aromatic N) is 2. The first-order valence-corrected chi connectivity index (χ1v) is 11.9. The third kappa shape index (κ3) is 3.47. The summed E-state index contributed by atoms with van der Waals surface area (Å²) in [4.78, 5) is 0. The van der Waals surface area contributed by atoms with Gasteiger partial charge in [0.05, 0.1) is 5.69 Å². The Hall–Kier alpha value is -0.913. The molecule has 3 nitrogen and oxygen atoms in total. The average Bonchev–Trinajstić information content (AvgIpc) is 2.89. The van der Waals surface area contributed by atoms with Gasteiger partial charge in [0.25, 0.3) is 0 Å². The van der Waals surface area contributed by atoms with Crippen LogP contribution in [0.15, 0.2) is 28.9 Å². The van der Waals surface area contributed by atoms with Gasteiger partial charge >= 0.3 is 0 Å². The largest absolute Gasteiger partial charge is 0.360 e. The number of hydrogen-bond acceptors (Lipinski definition) is 2. The van der Waals surface area contributed by atoms with Gasteiger partial charge in [0.15, 0.2) is 0 Å². The summed E-state index contributed by atoms with van der Waals surface area (Å²) in [6, 6.07) is 7.61. The lowest BCUT2D eigenvalue weighted by Gasteiger charge is -2.15. The minimum Gasteiger partial charge on any atom is -0.360 e. The van der Waals surface area contributed by atoms with Gasteiger partial charge in [0, 0.05) is 42.9 Å². The molecule has 1 heterocycles. The molecule has 21 heavy (non-hydrogen) atoms. The van der Waals surface area contributed by atoms with E-state index in [1.54, 1.807) is 0 Å². The van der Waals surface area contributed by atoms with Gasteiger partial charge in [0.2, 0.25) is 0 Å². The zero-order valence-electron chi connectivity index (χ0n) is 12.8. The lowest BCUT2D eigenvalue weighted by atomic mass is 10.1. The van der Waals surface area contributed by atoms with E-state index in [4.69, 9.17) is 4.74 Å². The minimum atomic E-state index is -1.01. The van der Waals surface area contributed by atoms with E-state index in [-0.39, 0.29) is 0 Å². The minimum absolute atomic E-state index is 0.559. The molecule has 0 spiro atoms. The van der Waals surface area contributed by atoms with Crippen LogP contribution in [-0.4, -0.2) is 24.5 Å². The SMILES string of the molecule is C[Si](C)(C)CCOCn1cc2c(n1)-c1ccc(Br)cc1C2. The Morgan fingerprint density at radius 2 is 2.10 bits per heavy atom. The lowest BCUT2D eigenvalue weighted by molar-refractivity contribution is 0.0786. The molecule has 1 aromatic heterocycles. The van der Waals surface area contributed by atoms with Crippen LogP contribution in [0.2, 0.25) is 25.7 Å². The van der Waals surface area contributed by atoms with Gasteiger partial charge in [-0.1, -0.05) is 41.6 Å². The molecule has 0 N–H and O–H groups in total. The van der Waals surface area contributed by atoms with Gasteiger partial charge in [-0.25, -0.2) is 4.68 Å². The fourth-order valence-corrected chi connectivity index (χ4v) is 3.73. The van der Waals surface area contributed by atoms with Crippen LogP contribution in [0.4, 0.5) is 0 Å². The van der Waals surface area contributed by atoms with E-state index in [2.05, 4.69) is 65.1 Å². The van der Waals surface area contributed by atoms with E-state index in [1.165, 1.54) is 22.7 Å². The molecule has 0 amide bonds. The van der Waals surface area contributed by atoms with Crippen LogP contribution in [0, 0.1) is 0 Å². The standard InChI is InChI=1S/C16H21BrN2OSi/c1-21(2,3)7-6-20-11-19-10-13-8-12-9-14(17)4-5-15(12)16(13)18-19/h4-5,9-10H,6-8,11H2,1-3H3. The Morgan fingerprint density at radius 1 is 1.29 bits per heavy atom. The maximum atomic E-state index is 5.77. The van der Waals surface area contributed by atoms with Crippen molar-refractivity contribution in [2.45, 2.75) is 38.8 Å². The van der Waals surface area contributed by atoms with Crippen LogP contribution < -0.4 is 0 Å². The Morgan fingerprint density at radius 3 is 2.86 bits per heavy atom. The summed E-state index contributed by atoms with van der Waals surface area (Å²) in [5.74, 6) is 0. The molecule has 5 heteroatoms. The normalized spacial score (nSPS) is 13.3. The molecule has 0 aliphatic heterocycles. The maximum Gasteiger partial charge on any atom is 0.139 e. The van der Waals surface area contributed by atoms with Gasteiger partial charge in [-0.05, 0) is 23.7 Å². The first kappa shape index (κ1) is 15.0. The highest BCUT2D eigenvalue weighted by Crippen LogP contribution is 2.36. The van der Waals surface area contributed by atoms with Crippen LogP contribution >= 0.6 is 15.9 Å². The topological polar surface area (TPSA) is 27.1 Å². The molecule has 0 bridgehead atoms. The number of aromatic nitrogens is 2. The van der Waals surface area contributed by atoms with Crippen molar-refractivity contribution in [2.75, 3.05) is 6.61 Å². The van der Waals surface area contributed by atoms with Crippen LogP contribution in [0.1, 0.15) is 11.1 Å². The Labute approximate surface area is 135 Å². The molecule has 2 aromatic rings. The van der Waals surface area contributed by atoms with Crippen molar-refractivity contribution in [1.82, 2.24) is 9.78 Å². The second kappa shape index (κ2) is 5.70. The number of hydrogen-bond donors (Lipinski definition) is 0. The van der Waals surface area contributed by atoms with Crippen molar-refractivity contribution >= 4 is 24.0 Å². The van der Waals surface area contributed by atoms with E-state index in [9.17, 15) is 0 Å². The summed E-state index contributed by atoms with van der Waals surface area (Å²) in [5, 5.41) is 4.68. The smallest absolute Gasteiger partial charge is 0.139 e. The number of rotatable bonds is 5. The van der Waals surface area contributed by atoms with Gasteiger partial charge < -0.3 is 4.74 Å². The summed E-state index contributed by atoms with van der Waals surface area (Å²) in [6.45, 7) is 8.50. The van der Waals surface area contributed by atoms with Crippen LogP contribution in [-0.2, 0) is 17.9 Å². The van der Waals surface area contributed by atoms with E-state index in [1.807, 2.05) is 4.68 Å². The predicted octanol–water partition coefficient (Wildman–Crippen LogP) is 4.53. The highest BCUT2D eigenvalue weighted by atomic mass is 79.9. The zero-order valence-corrected chi connectivity index (χ0v) is 15.4. The van der Waals surface area contributed by atoms with Crippen molar-refractivity contribution in [3.05, 3.63) is 40.0 Å². The highest BCUT2D eigenvalue weighted by Gasteiger charge is 2.22. The first-order valence-electron chi connectivity index (χ1n) is 7.35. The summed E-state index contributed by atoms with van der Waals surface area (Å²) in [5.41, 5.74) is 5.03. The van der Waals surface area contributed by atoms with Gasteiger partial charge in [0.1, 0.15) is 6.73 Å². The molecular weight excluding hydrogens is 344 g/mol. The first-order chi connectivity index (χ1) is 9.92. The van der Waals surface area contributed by atoms with E-state index in [0.717, 1.165) is 23.2 Å². The van der Waals surface area contributed by atoms with Gasteiger partial charge in [-0.3, -0.25) is 0 Å². The number of ether oxygens (including phenoxy) is 1. The monoisotopic (exact) mass is 364 g/mol. The van der Waals surface area contributed by atoms with Crippen LogP contribution in [0.3, 0.4) is 0 Å². The van der Waals surface area contributed by atoms with Gasteiger partial charge in [-0.2, -0.15) is 5.10 Å². The Balaban J connectivity index is 1.64. The highest BCUT2D eigenvalue weighted by molar-refractivity contribution is 9.10. The third-order valence-corrected chi connectivity index (χ3v) is 5.96. The van der Waals surface area contributed by atoms with E-state index >= 15 is 0 Å². The maximum absolute atomic E-state index is 5.77. The summed E-state index contributed by atoms with van der Waals surface area (Å²) in [7, 11) is -1.01. The molecule has 0 saturated carbocycles. The molecule has 1 aromatic carbocycles. The summed E-state index contributed by atoms with van der Waals surface area (Å²) >= 11 is 3.53. The molecule has 3 rings (SSSR count). The van der Waals surface area contributed by atoms with E-state index in [0.29, 0.717) is 6.73 Å². The number of halogens is 1. The fraction of sp³-hybridized carbons (Fsp3) is 0.438. The average molecular weight is 365 g/mol. The van der Waals surface area contributed by atoms with Gasteiger partial charge in [-0.15, -0.1) is 0 Å². The second-order valence-electron chi connectivity index (χ2n) is 6.87. The molecule has 0 radical (unpaired) electrons. The molecule has 0 unspecified atom stereocenters. The van der Waals surface area contributed by atoms with E-state index < -0.39 is 8.07 Å². The van der Waals surface area contributed by atoms with Crippen molar-refractivity contribution in [2.24, 2.45) is 0 Å². The van der Waals surface area contributed by atoms with Crippen molar-refractivity contribution in [3.63, 3.8) is 0 Å². The molecule has 1 aliphatic rings. The fourth-order valence-electron chi connectivity index (χ4n) is 2.57. The molecule has 112 valence electrons. The quantitative estimate of drug-likeness (QED) is 0.491. The number of benzene rings is 1. The van der Waals surface area contributed by atoms with Crippen LogP contribution in [0.5, 0.6) is 0 Å². The zero-order chi connectivity index (χ0) is 15.0. The van der Waals surface area contributed by atoms with Crippen molar-refractivity contribution in [3.8, 4) is 11.3 Å². The Kier molecular flexibility index (Phi) is 4.07. The Bertz CT molecular complexity index is 661. The summed E-state index contributed by atoms with van der Waals surface area (Å²) < 4.78 is 8.83. The molecule has 0 saturated heterocycles. The number of fused-ring (bicyclic) bond motifs is 3. The molecular formula is C16H21BrN2OSi. The lowest BCUT2D eigenvalue weighted by Crippen LogP contribution is -2.22. The molecule has 0 fully saturated rings. The molecule has 1 aliphatic carbocycles. The predicted molar refractivity (Wildman–Crippen MR) is 92.3 cm³/mol. The van der Waals surface area contributed by atoms with Crippen molar-refractivity contribution in [1.29, 1.82) is 0 Å². The second-order valence-corrected chi connectivity index (χ2v) is 13.4.